The van der Waals surface area contributed by atoms with E-state index < -0.39 is 10.8 Å². The Morgan fingerprint density at radius 3 is 1.29 bits per heavy atom. The van der Waals surface area contributed by atoms with Gasteiger partial charge in [0.2, 0.25) is 0 Å². The van der Waals surface area contributed by atoms with Crippen molar-refractivity contribution >= 4 is 78.0 Å². The van der Waals surface area contributed by atoms with Crippen LogP contribution in [0.4, 0.5) is 34.1 Å². The van der Waals surface area contributed by atoms with E-state index in [1.165, 1.54) is 66.8 Å². The first-order chi connectivity index (χ1) is 42.4. The lowest BCUT2D eigenvalue weighted by atomic mass is 9.69. The Kier molecular flexibility index (Phi) is 10.3. The van der Waals surface area contributed by atoms with Gasteiger partial charge >= 0.3 is 0 Å². The summed E-state index contributed by atoms with van der Waals surface area (Å²) in [7, 11) is 0. The van der Waals surface area contributed by atoms with Crippen LogP contribution in [0.2, 0.25) is 0 Å². The van der Waals surface area contributed by atoms with Crippen molar-refractivity contribution in [3.05, 3.63) is 325 Å². The van der Waals surface area contributed by atoms with Gasteiger partial charge in [-0.2, -0.15) is 0 Å². The molecule has 2 aromatic heterocycles. The largest absolute Gasteiger partial charge is 0.454 e. The summed E-state index contributed by atoms with van der Waals surface area (Å²) in [5.74, 6) is 0. The van der Waals surface area contributed by atoms with E-state index >= 15 is 0 Å². The van der Waals surface area contributed by atoms with E-state index in [1.807, 2.05) is 0 Å². The molecule has 0 fully saturated rings. The van der Waals surface area contributed by atoms with Crippen molar-refractivity contribution in [1.82, 2.24) is 0 Å². The van der Waals surface area contributed by atoms with Gasteiger partial charge in [-0.1, -0.05) is 244 Å². The molecule has 3 aliphatic carbocycles. The number of rotatable bonds is 8. The first-order valence-corrected chi connectivity index (χ1v) is 29.8. The summed E-state index contributed by atoms with van der Waals surface area (Å²) in [5.41, 5.74) is 28.0. The minimum Gasteiger partial charge on any atom is -0.454 e. The van der Waals surface area contributed by atoms with E-state index in [9.17, 15) is 0 Å². The maximum atomic E-state index is 7.26. The number of fused-ring (bicyclic) bond motifs is 20. The van der Waals surface area contributed by atoms with Crippen LogP contribution in [0.1, 0.15) is 47.2 Å². The van der Waals surface area contributed by atoms with E-state index in [-0.39, 0.29) is 0 Å². The van der Waals surface area contributed by atoms with Gasteiger partial charge in [-0.25, -0.2) is 0 Å². The van der Waals surface area contributed by atoms with Gasteiger partial charge in [0.15, 0.2) is 11.2 Å². The van der Waals surface area contributed by atoms with Gasteiger partial charge in [-0.05, 0) is 150 Å². The van der Waals surface area contributed by atoms with Crippen molar-refractivity contribution in [2.45, 2.75) is 24.7 Å². The zero-order valence-corrected chi connectivity index (χ0v) is 47.4. The quantitative estimate of drug-likeness (QED) is 0.152. The third-order valence-electron chi connectivity index (χ3n) is 19.0. The molecular formula is C82H54N2O2. The van der Waals surface area contributed by atoms with E-state index in [4.69, 9.17) is 8.83 Å². The molecule has 15 aromatic rings. The molecule has 4 nitrogen and oxygen atoms in total. The summed E-state index contributed by atoms with van der Waals surface area (Å²) in [6.45, 7) is 4.87. The number of anilines is 6. The second kappa shape index (κ2) is 18.3. The highest BCUT2D eigenvalue weighted by atomic mass is 16.3. The molecule has 13 aromatic carbocycles. The monoisotopic (exact) mass is 1100 g/mol. The van der Waals surface area contributed by atoms with Crippen molar-refractivity contribution in [1.29, 1.82) is 0 Å². The van der Waals surface area contributed by atoms with E-state index in [0.717, 1.165) is 100 Å². The van der Waals surface area contributed by atoms with Gasteiger partial charge < -0.3 is 18.6 Å². The highest BCUT2D eigenvalue weighted by molar-refractivity contribution is 6.14. The lowest BCUT2D eigenvalue weighted by Gasteiger charge is -2.36. The molecule has 4 heteroatoms. The minimum absolute atomic E-state index is 0.462. The fourth-order valence-corrected chi connectivity index (χ4v) is 15.4. The van der Waals surface area contributed by atoms with Gasteiger partial charge in [-0.3, -0.25) is 0 Å². The third kappa shape index (κ3) is 6.75. The second-order valence-electron chi connectivity index (χ2n) is 23.8. The molecule has 0 saturated heterocycles. The molecular weight excluding hydrogens is 1040 g/mol. The molecule has 0 amide bonds. The number of para-hydroxylation sites is 4. The van der Waals surface area contributed by atoms with Crippen LogP contribution >= 0.6 is 0 Å². The van der Waals surface area contributed by atoms with Crippen molar-refractivity contribution in [2.75, 3.05) is 9.80 Å². The highest BCUT2D eigenvalue weighted by Crippen LogP contribution is 2.68. The Balaban J connectivity index is 0.991. The van der Waals surface area contributed by atoms with Crippen molar-refractivity contribution in [3.8, 4) is 55.6 Å². The Morgan fingerprint density at radius 1 is 0.279 bits per heavy atom. The first-order valence-electron chi connectivity index (χ1n) is 29.8. The molecule has 0 unspecified atom stereocenters. The van der Waals surface area contributed by atoms with E-state index in [0.29, 0.717) is 0 Å². The molecule has 0 radical (unpaired) electrons. The Bertz CT molecular complexity index is 5230. The molecule has 2 heterocycles. The molecule has 86 heavy (non-hydrogen) atoms. The molecule has 404 valence electrons. The zero-order chi connectivity index (χ0) is 56.8. The van der Waals surface area contributed by atoms with E-state index in [2.05, 4.69) is 315 Å². The third-order valence-corrected chi connectivity index (χ3v) is 19.0. The molecule has 3 aliphatic rings. The standard InChI is InChI=1S/C82H54N2O2/c1-81(2)66-35-15-11-31-64(66)77-76-65-32-12-18-38-69(65)82(67-36-16-9-27-58(67)59-28-10-17-37-68(59)82)70(76)50-73(78(77)81)84(72-40-22-34-63-61-30-14-20-42-75(61)86-80(63)72)57-48-54(52-25-7-4-8-26-52)47-56(49-57)83(55-45-43-53(44-46-55)51-23-5-3-6-24-51)71-39-21-33-62-60-29-13-19-41-74(60)85-79(62)71/h3-50H,1-2H3. The molecule has 0 bridgehead atoms. The van der Waals surface area contributed by atoms with Crippen LogP contribution < -0.4 is 9.80 Å². The Labute approximate surface area is 498 Å². The van der Waals surface area contributed by atoms with Gasteiger partial charge in [0, 0.05) is 44.0 Å². The maximum Gasteiger partial charge on any atom is 0.159 e. The Morgan fingerprint density at radius 2 is 0.709 bits per heavy atom. The molecule has 0 atom stereocenters. The number of hydrogen-bond acceptors (Lipinski definition) is 4. The Hall–Kier alpha value is -10.9. The predicted molar refractivity (Wildman–Crippen MR) is 355 cm³/mol. The average Bonchev–Trinajstić information content (AvgIpc) is 1.51. The molecule has 18 rings (SSSR count). The van der Waals surface area contributed by atoms with Gasteiger partial charge in [0.05, 0.1) is 22.5 Å². The van der Waals surface area contributed by atoms with Crippen molar-refractivity contribution in [3.63, 3.8) is 0 Å². The number of nitrogens with zero attached hydrogens (tertiary/aromatic N) is 2. The minimum atomic E-state index is -0.632. The van der Waals surface area contributed by atoms with Crippen molar-refractivity contribution < 1.29 is 8.83 Å². The van der Waals surface area contributed by atoms with Crippen LogP contribution in [-0.4, -0.2) is 0 Å². The van der Waals surface area contributed by atoms with Crippen LogP contribution in [0.25, 0.3) is 99.5 Å². The SMILES string of the molecule is CC1(C)c2ccccc2-c2c3c(cc(N(c4cc(-c5ccccc5)cc(N(c5ccc(-c6ccccc6)cc5)c5cccc6c5oc5ccccc56)c4)c4cccc5c4oc4ccccc45)c21)C1(c2ccccc2-c2ccccc21)c1ccccc1-3. The summed E-state index contributed by atoms with van der Waals surface area (Å²) in [6.07, 6.45) is 0. The van der Waals surface area contributed by atoms with Crippen LogP contribution in [0.3, 0.4) is 0 Å². The highest BCUT2D eigenvalue weighted by Gasteiger charge is 2.55. The fraction of sp³-hybridized carbons (Fsp3) is 0.0488. The maximum absolute atomic E-state index is 7.26. The molecule has 0 N–H and O–H groups in total. The smallest absolute Gasteiger partial charge is 0.159 e. The molecule has 0 saturated carbocycles. The lowest BCUT2D eigenvalue weighted by molar-refractivity contribution is 0.658. The predicted octanol–water partition coefficient (Wildman–Crippen LogP) is 22.4. The van der Waals surface area contributed by atoms with E-state index in [1.54, 1.807) is 0 Å². The van der Waals surface area contributed by atoms with Crippen LogP contribution in [-0.2, 0) is 10.8 Å². The lowest BCUT2D eigenvalue weighted by Crippen LogP contribution is -2.27. The number of furan rings is 2. The van der Waals surface area contributed by atoms with Gasteiger partial charge in [0.1, 0.15) is 11.2 Å². The topological polar surface area (TPSA) is 32.8 Å². The normalized spacial score (nSPS) is 13.7. The van der Waals surface area contributed by atoms with Gasteiger partial charge in [0.25, 0.3) is 0 Å². The first kappa shape index (κ1) is 48.6. The average molecular weight is 1100 g/mol. The zero-order valence-electron chi connectivity index (χ0n) is 47.4. The molecule has 0 aliphatic heterocycles. The summed E-state index contributed by atoms with van der Waals surface area (Å²) in [5, 5.41) is 4.27. The summed E-state index contributed by atoms with van der Waals surface area (Å²) >= 11 is 0. The number of benzene rings is 13. The summed E-state index contributed by atoms with van der Waals surface area (Å²) in [4.78, 5) is 4.97. The second-order valence-corrected chi connectivity index (χ2v) is 23.8. The molecule has 1 spiro atoms. The fourth-order valence-electron chi connectivity index (χ4n) is 15.4. The summed E-state index contributed by atoms with van der Waals surface area (Å²) < 4.78 is 14.3. The van der Waals surface area contributed by atoms with Crippen LogP contribution in [0.15, 0.2) is 300 Å². The number of hydrogen-bond donors (Lipinski definition) is 0. The van der Waals surface area contributed by atoms with Crippen molar-refractivity contribution in [2.24, 2.45) is 0 Å². The van der Waals surface area contributed by atoms with Crippen LogP contribution in [0.5, 0.6) is 0 Å². The van der Waals surface area contributed by atoms with Gasteiger partial charge in [-0.15, -0.1) is 0 Å². The van der Waals surface area contributed by atoms with Crippen LogP contribution in [0, 0.1) is 0 Å². The summed E-state index contributed by atoms with van der Waals surface area (Å²) in [6, 6.07) is 107.